The fourth-order valence-corrected chi connectivity index (χ4v) is 2.31. The Bertz CT molecular complexity index is 506. The first-order valence-electron chi connectivity index (χ1n) is 7.20. The third-order valence-corrected chi connectivity index (χ3v) is 3.09. The van der Waals surface area contributed by atoms with E-state index in [-0.39, 0.29) is 6.61 Å². The van der Waals surface area contributed by atoms with Crippen molar-refractivity contribution in [2.24, 2.45) is 0 Å². The Morgan fingerprint density at radius 2 is 1.50 bits per heavy atom. The molecule has 0 aliphatic carbocycles. The number of ether oxygens (including phenoxy) is 4. The van der Waals surface area contributed by atoms with E-state index in [1.165, 1.54) is 13.8 Å². The van der Waals surface area contributed by atoms with Crippen LogP contribution in [0.4, 0.5) is 0 Å². The van der Waals surface area contributed by atoms with Crippen LogP contribution in [0.1, 0.15) is 27.7 Å². The number of carbonyl (C=O) groups is 4. The predicted molar refractivity (Wildman–Crippen MR) is 76.2 cm³/mol. The van der Waals surface area contributed by atoms with Crippen molar-refractivity contribution in [2.45, 2.75) is 58.3 Å². The maximum atomic E-state index is 11.4. The van der Waals surface area contributed by atoms with Gasteiger partial charge in [-0.15, -0.1) is 0 Å². The highest BCUT2D eigenvalue weighted by atomic mass is 16.7. The van der Waals surface area contributed by atoms with E-state index < -0.39 is 54.5 Å². The van der Waals surface area contributed by atoms with Crippen molar-refractivity contribution in [3.05, 3.63) is 0 Å². The van der Waals surface area contributed by atoms with Crippen molar-refractivity contribution < 1.29 is 43.2 Å². The predicted octanol–water partition coefficient (Wildman–Crippen LogP) is -1.37. The highest BCUT2D eigenvalue weighted by molar-refractivity contribution is 5.73. The number of esters is 3. The molecule has 1 unspecified atom stereocenters. The van der Waals surface area contributed by atoms with Crippen LogP contribution in [-0.2, 0) is 38.1 Å². The largest absolute Gasteiger partial charge is 0.463 e. The van der Waals surface area contributed by atoms with Crippen LogP contribution < -0.4 is 5.32 Å². The molecule has 136 valence electrons. The minimum Gasteiger partial charge on any atom is -0.463 e. The minimum absolute atomic E-state index is 0.338. The molecule has 1 rings (SSSR count). The Balaban J connectivity index is 3.11. The number of carbonyl (C=O) groups excluding carboxylic acids is 4. The summed E-state index contributed by atoms with van der Waals surface area (Å²) in [6.45, 7) is 4.28. The lowest BCUT2D eigenvalue weighted by atomic mass is 9.96. The highest BCUT2D eigenvalue weighted by Crippen LogP contribution is 2.26. The summed E-state index contributed by atoms with van der Waals surface area (Å²) < 4.78 is 20.3. The van der Waals surface area contributed by atoms with Crippen LogP contribution in [0.5, 0.6) is 0 Å². The van der Waals surface area contributed by atoms with Gasteiger partial charge in [-0.05, 0) is 0 Å². The van der Waals surface area contributed by atoms with Crippen LogP contribution in [0.25, 0.3) is 0 Å². The molecule has 0 aromatic rings. The number of aliphatic hydroxyl groups is 1. The number of nitrogens with one attached hydrogen (secondary N) is 1. The van der Waals surface area contributed by atoms with Crippen LogP contribution in [0.15, 0.2) is 0 Å². The number of hydrogen-bond donors (Lipinski definition) is 2. The minimum atomic E-state index is -1.56. The van der Waals surface area contributed by atoms with Crippen molar-refractivity contribution >= 4 is 23.8 Å². The van der Waals surface area contributed by atoms with E-state index in [1.54, 1.807) is 0 Å². The van der Waals surface area contributed by atoms with E-state index in [1.807, 2.05) is 0 Å². The second kappa shape index (κ2) is 8.60. The summed E-state index contributed by atoms with van der Waals surface area (Å²) in [4.78, 5) is 45.0. The van der Waals surface area contributed by atoms with Gasteiger partial charge in [0.1, 0.15) is 18.8 Å². The Hall–Kier alpha value is -2.20. The van der Waals surface area contributed by atoms with Crippen LogP contribution in [-0.4, -0.2) is 66.2 Å². The lowest BCUT2D eigenvalue weighted by Gasteiger charge is -2.43. The molecular formula is C14H21NO9. The van der Waals surface area contributed by atoms with Crippen LogP contribution in [0.3, 0.4) is 0 Å². The molecule has 5 atom stereocenters. The molecule has 2 N–H and O–H groups in total. The van der Waals surface area contributed by atoms with Gasteiger partial charge in [-0.3, -0.25) is 19.2 Å². The molecule has 1 aliphatic heterocycles. The van der Waals surface area contributed by atoms with Gasteiger partial charge < -0.3 is 29.4 Å². The molecule has 1 heterocycles. The Kier molecular flexibility index (Phi) is 7.11. The third-order valence-electron chi connectivity index (χ3n) is 3.09. The molecule has 0 spiro atoms. The van der Waals surface area contributed by atoms with Crippen LogP contribution in [0.2, 0.25) is 0 Å². The third kappa shape index (κ3) is 5.78. The standard InChI is InChI=1S/C14H21NO9/c1-6(16)15-11-13(23-9(4)19)12(22-8(3)18)10(24-14(11)20)5-21-7(2)17/h10-14,20H,5H2,1-4H3,(H,15,16)/t10-,11-,12+,13-,14?/m0/s1. The molecule has 24 heavy (non-hydrogen) atoms. The summed E-state index contributed by atoms with van der Waals surface area (Å²) in [7, 11) is 0. The van der Waals surface area contributed by atoms with E-state index >= 15 is 0 Å². The van der Waals surface area contributed by atoms with E-state index in [0.29, 0.717) is 0 Å². The van der Waals surface area contributed by atoms with Gasteiger partial charge in [0.15, 0.2) is 18.5 Å². The first kappa shape index (κ1) is 19.8. The molecule has 0 aromatic heterocycles. The zero-order valence-corrected chi connectivity index (χ0v) is 13.8. The molecule has 10 nitrogen and oxygen atoms in total. The smallest absolute Gasteiger partial charge is 0.303 e. The molecule has 10 heteroatoms. The van der Waals surface area contributed by atoms with Gasteiger partial charge in [0.05, 0.1) is 0 Å². The lowest BCUT2D eigenvalue weighted by Crippen LogP contribution is -2.66. The fraction of sp³-hybridized carbons (Fsp3) is 0.714. The van der Waals surface area contributed by atoms with Gasteiger partial charge >= 0.3 is 17.9 Å². The molecule has 0 bridgehead atoms. The molecule has 0 saturated carbocycles. The average Bonchev–Trinajstić information content (AvgIpc) is 2.42. The maximum absolute atomic E-state index is 11.4. The number of amides is 1. The van der Waals surface area contributed by atoms with Crippen LogP contribution in [0, 0.1) is 0 Å². The van der Waals surface area contributed by atoms with Gasteiger partial charge in [0.2, 0.25) is 5.91 Å². The zero-order valence-electron chi connectivity index (χ0n) is 13.8. The Morgan fingerprint density at radius 1 is 0.958 bits per heavy atom. The fourth-order valence-electron chi connectivity index (χ4n) is 2.31. The second-order valence-corrected chi connectivity index (χ2v) is 5.24. The summed E-state index contributed by atoms with van der Waals surface area (Å²) in [5, 5.41) is 12.5. The normalized spacial score (nSPS) is 29.3. The first-order valence-corrected chi connectivity index (χ1v) is 7.20. The average molecular weight is 347 g/mol. The number of rotatable bonds is 5. The molecule has 0 aromatic carbocycles. The Morgan fingerprint density at radius 3 is 1.96 bits per heavy atom. The van der Waals surface area contributed by atoms with Crippen molar-refractivity contribution in [2.75, 3.05) is 6.61 Å². The molecule has 1 aliphatic rings. The maximum Gasteiger partial charge on any atom is 0.303 e. The molecular weight excluding hydrogens is 326 g/mol. The number of aliphatic hydroxyl groups excluding tert-OH is 1. The lowest BCUT2D eigenvalue weighted by molar-refractivity contribution is -0.264. The van der Waals surface area contributed by atoms with Crippen molar-refractivity contribution in [1.29, 1.82) is 0 Å². The highest BCUT2D eigenvalue weighted by Gasteiger charge is 2.50. The number of hydrogen-bond acceptors (Lipinski definition) is 9. The van der Waals surface area contributed by atoms with Gasteiger partial charge in [0, 0.05) is 27.7 Å². The van der Waals surface area contributed by atoms with E-state index in [2.05, 4.69) is 5.32 Å². The van der Waals surface area contributed by atoms with E-state index in [9.17, 15) is 24.3 Å². The SMILES string of the molecule is CC(=O)N[C@@H]1C(O)O[C@@H](COC(C)=O)[C@@H](OC(C)=O)[C@H]1OC(C)=O. The van der Waals surface area contributed by atoms with Crippen molar-refractivity contribution in [1.82, 2.24) is 5.32 Å². The molecule has 1 saturated heterocycles. The zero-order chi connectivity index (χ0) is 18.4. The molecule has 1 amide bonds. The first-order chi connectivity index (χ1) is 11.1. The van der Waals surface area contributed by atoms with Gasteiger partial charge in [-0.2, -0.15) is 0 Å². The summed E-state index contributed by atoms with van der Waals surface area (Å²) >= 11 is 0. The summed E-state index contributed by atoms with van der Waals surface area (Å²) in [6, 6.07) is -1.16. The quantitative estimate of drug-likeness (QED) is 0.456. The summed E-state index contributed by atoms with van der Waals surface area (Å²) in [5.74, 6) is -2.54. The second-order valence-electron chi connectivity index (χ2n) is 5.24. The van der Waals surface area contributed by atoms with Gasteiger partial charge in [-0.25, -0.2) is 0 Å². The Labute approximate surface area is 138 Å². The summed E-state index contributed by atoms with van der Waals surface area (Å²) in [5.41, 5.74) is 0. The molecule has 0 radical (unpaired) electrons. The van der Waals surface area contributed by atoms with E-state index in [4.69, 9.17) is 18.9 Å². The molecule has 1 fully saturated rings. The monoisotopic (exact) mass is 347 g/mol. The van der Waals surface area contributed by atoms with Gasteiger partial charge in [0.25, 0.3) is 0 Å². The summed E-state index contributed by atoms with van der Waals surface area (Å²) in [6.07, 6.45) is -5.06. The van der Waals surface area contributed by atoms with E-state index in [0.717, 1.165) is 13.8 Å². The van der Waals surface area contributed by atoms with Crippen molar-refractivity contribution in [3.63, 3.8) is 0 Å². The topological polar surface area (TPSA) is 137 Å². The van der Waals surface area contributed by atoms with Crippen molar-refractivity contribution in [3.8, 4) is 0 Å². The van der Waals surface area contributed by atoms with Gasteiger partial charge in [-0.1, -0.05) is 0 Å². The van der Waals surface area contributed by atoms with Crippen LogP contribution >= 0.6 is 0 Å².